The van der Waals surface area contributed by atoms with Crippen LogP contribution in [0.3, 0.4) is 0 Å². The fourth-order valence-electron chi connectivity index (χ4n) is 2.62. The molecule has 4 heteroatoms. The Balaban J connectivity index is 2.74. The lowest BCUT2D eigenvalue weighted by molar-refractivity contribution is -0.146. The molecule has 0 aliphatic heterocycles. The zero-order chi connectivity index (χ0) is 15.9. The van der Waals surface area contributed by atoms with Gasteiger partial charge in [-0.25, -0.2) is 4.79 Å². The summed E-state index contributed by atoms with van der Waals surface area (Å²) < 4.78 is 5.78. The second kappa shape index (κ2) is 8.15. The Morgan fingerprint density at radius 1 is 1.29 bits per heavy atom. The first kappa shape index (κ1) is 17.7. The first-order valence-electron chi connectivity index (χ1n) is 7.51. The number of aliphatic carboxylic acids is 1. The topological polar surface area (TPSA) is 58.6 Å². The molecule has 118 valence electrons. The number of hydrogen-bond acceptors (Lipinski definition) is 3. The van der Waals surface area contributed by atoms with Gasteiger partial charge in [-0.3, -0.25) is 0 Å². The third kappa shape index (κ3) is 4.83. The second-order valence-corrected chi connectivity index (χ2v) is 5.89. The van der Waals surface area contributed by atoms with Crippen molar-refractivity contribution in [2.75, 3.05) is 13.7 Å². The van der Waals surface area contributed by atoms with Crippen LogP contribution in [-0.2, 0) is 15.1 Å². The van der Waals surface area contributed by atoms with Gasteiger partial charge in [-0.2, -0.15) is 0 Å². The molecule has 0 amide bonds. The molecule has 0 fully saturated rings. The van der Waals surface area contributed by atoms with Gasteiger partial charge in [-0.05, 0) is 31.9 Å². The van der Waals surface area contributed by atoms with Crippen LogP contribution in [0.25, 0.3) is 0 Å². The molecule has 2 N–H and O–H groups in total. The third-order valence-corrected chi connectivity index (χ3v) is 3.74. The third-order valence-electron chi connectivity index (χ3n) is 3.74. The van der Waals surface area contributed by atoms with E-state index in [0.717, 1.165) is 12.0 Å². The van der Waals surface area contributed by atoms with Crippen molar-refractivity contribution in [3.63, 3.8) is 0 Å². The largest absolute Gasteiger partial charge is 0.480 e. The van der Waals surface area contributed by atoms with Gasteiger partial charge in [0.05, 0.1) is 6.10 Å². The summed E-state index contributed by atoms with van der Waals surface area (Å²) in [6.07, 6.45) is 1.51. The van der Waals surface area contributed by atoms with Crippen LogP contribution >= 0.6 is 0 Å². The highest BCUT2D eigenvalue weighted by Crippen LogP contribution is 2.25. The first-order valence-corrected chi connectivity index (χ1v) is 7.51. The standard InChI is InChI=1S/C17H27NO3/c1-13(2)12-14(3)21-11-10-17(18-4,16(19)20)15-8-6-5-7-9-15/h5-9,13-14,18H,10-12H2,1-4H3,(H,19,20). The Kier molecular flexibility index (Phi) is 6.85. The predicted molar refractivity (Wildman–Crippen MR) is 84.3 cm³/mol. The number of hydrogen-bond donors (Lipinski definition) is 2. The van der Waals surface area contributed by atoms with Crippen molar-refractivity contribution in [1.82, 2.24) is 5.32 Å². The van der Waals surface area contributed by atoms with Gasteiger partial charge >= 0.3 is 5.97 Å². The van der Waals surface area contributed by atoms with Gasteiger partial charge in [0.1, 0.15) is 5.54 Å². The van der Waals surface area contributed by atoms with E-state index in [1.807, 2.05) is 37.3 Å². The summed E-state index contributed by atoms with van der Waals surface area (Å²) >= 11 is 0. The number of carboxylic acids is 1. The van der Waals surface area contributed by atoms with E-state index in [-0.39, 0.29) is 6.10 Å². The minimum atomic E-state index is -1.10. The number of benzene rings is 1. The molecule has 0 saturated heterocycles. The maximum atomic E-state index is 11.8. The molecule has 0 spiro atoms. The fourth-order valence-corrected chi connectivity index (χ4v) is 2.62. The van der Waals surface area contributed by atoms with E-state index < -0.39 is 11.5 Å². The highest BCUT2D eigenvalue weighted by Gasteiger charge is 2.38. The Labute approximate surface area is 127 Å². The Bertz CT molecular complexity index is 433. The number of likely N-dealkylation sites (N-methyl/N-ethyl adjacent to an activating group) is 1. The molecule has 0 heterocycles. The summed E-state index contributed by atoms with van der Waals surface area (Å²) in [6, 6.07) is 9.26. The molecule has 0 bridgehead atoms. The van der Waals surface area contributed by atoms with E-state index in [2.05, 4.69) is 19.2 Å². The molecule has 0 aromatic heterocycles. The second-order valence-electron chi connectivity index (χ2n) is 5.89. The predicted octanol–water partition coefficient (Wildman–Crippen LogP) is 3.03. The van der Waals surface area contributed by atoms with Crippen molar-refractivity contribution in [3.05, 3.63) is 35.9 Å². The summed E-state index contributed by atoms with van der Waals surface area (Å²) in [5.74, 6) is -0.307. The van der Waals surface area contributed by atoms with Crippen molar-refractivity contribution in [2.45, 2.75) is 45.3 Å². The van der Waals surface area contributed by atoms with Gasteiger partial charge in [0, 0.05) is 13.0 Å². The molecular weight excluding hydrogens is 266 g/mol. The van der Waals surface area contributed by atoms with Gasteiger partial charge in [-0.1, -0.05) is 44.2 Å². The van der Waals surface area contributed by atoms with Gasteiger partial charge in [0.15, 0.2) is 0 Å². The maximum Gasteiger partial charge on any atom is 0.328 e. The number of ether oxygens (including phenoxy) is 1. The fraction of sp³-hybridized carbons (Fsp3) is 0.588. The van der Waals surface area contributed by atoms with Gasteiger partial charge in [-0.15, -0.1) is 0 Å². The summed E-state index contributed by atoms with van der Waals surface area (Å²) in [7, 11) is 1.68. The Morgan fingerprint density at radius 3 is 2.38 bits per heavy atom. The lowest BCUT2D eigenvalue weighted by Gasteiger charge is -2.30. The van der Waals surface area contributed by atoms with Crippen molar-refractivity contribution >= 4 is 5.97 Å². The average Bonchev–Trinajstić information content (AvgIpc) is 2.43. The molecular formula is C17H27NO3. The highest BCUT2D eigenvalue weighted by molar-refractivity contribution is 5.80. The number of carboxylic acid groups (broad SMARTS) is 1. The van der Waals surface area contributed by atoms with Gasteiger partial charge in [0.25, 0.3) is 0 Å². The monoisotopic (exact) mass is 293 g/mol. The summed E-state index contributed by atoms with van der Waals surface area (Å²) in [5.41, 5.74) is -0.348. The van der Waals surface area contributed by atoms with Crippen LogP contribution in [0.15, 0.2) is 30.3 Å². The van der Waals surface area contributed by atoms with Crippen molar-refractivity contribution < 1.29 is 14.6 Å². The molecule has 0 aliphatic rings. The SMILES string of the molecule is CNC(CCOC(C)CC(C)C)(C(=O)O)c1ccccc1. The molecule has 1 aromatic rings. The summed E-state index contributed by atoms with van der Waals surface area (Å²) in [6.45, 7) is 6.75. The molecule has 1 aromatic carbocycles. The van der Waals surface area contributed by atoms with Crippen LogP contribution in [0, 0.1) is 5.92 Å². The van der Waals surface area contributed by atoms with Gasteiger partial charge < -0.3 is 15.2 Å². The van der Waals surface area contributed by atoms with Crippen molar-refractivity contribution in [2.24, 2.45) is 5.92 Å². The molecule has 0 saturated carbocycles. The molecule has 0 radical (unpaired) electrons. The van der Waals surface area contributed by atoms with Crippen LogP contribution in [-0.4, -0.2) is 30.8 Å². The highest BCUT2D eigenvalue weighted by atomic mass is 16.5. The molecule has 4 nitrogen and oxygen atoms in total. The summed E-state index contributed by atoms with van der Waals surface area (Å²) in [4.78, 5) is 11.8. The van der Waals surface area contributed by atoms with Crippen LogP contribution in [0.2, 0.25) is 0 Å². The Hall–Kier alpha value is -1.39. The van der Waals surface area contributed by atoms with E-state index in [9.17, 15) is 9.90 Å². The minimum Gasteiger partial charge on any atom is -0.480 e. The van der Waals surface area contributed by atoms with Crippen LogP contribution in [0.1, 0.15) is 39.2 Å². The van der Waals surface area contributed by atoms with Crippen LogP contribution in [0.4, 0.5) is 0 Å². The molecule has 21 heavy (non-hydrogen) atoms. The lowest BCUT2D eigenvalue weighted by Crippen LogP contribution is -2.48. The van der Waals surface area contributed by atoms with Crippen molar-refractivity contribution in [1.29, 1.82) is 0 Å². The zero-order valence-corrected chi connectivity index (χ0v) is 13.4. The van der Waals surface area contributed by atoms with E-state index in [1.54, 1.807) is 7.05 Å². The first-order chi connectivity index (χ1) is 9.92. The van der Waals surface area contributed by atoms with E-state index in [1.165, 1.54) is 0 Å². The molecule has 2 unspecified atom stereocenters. The molecule has 2 atom stereocenters. The quantitative estimate of drug-likeness (QED) is 0.735. The van der Waals surface area contributed by atoms with Gasteiger partial charge in [0.2, 0.25) is 0 Å². The van der Waals surface area contributed by atoms with E-state index in [4.69, 9.17) is 4.74 Å². The van der Waals surface area contributed by atoms with Crippen LogP contribution < -0.4 is 5.32 Å². The molecule has 1 rings (SSSR count). The van der Waals surface area contributed by atoms with E-state index in [0.29, 0.717) is 18.9 Å². The maximum absolute atomic E-state index is 11.8. The summed E-state index contributed by atoms with van der Waals surface area (Å²) in [5, 5.41) is 12.6. The van der Waals surface area contributed by atoms with Crippen LogP contribution in [0.5, 0.6) is 0 Å². The minimum absolute atomic E-state index is 0.143. The number of nitrogens with one attached hydrogen (secondary N) is 1. The molecule has 0 aliphatic carbocycles. The van der Waals surface area contributed by atoms with E-state index >= 15 is 0 Å². The number of rotatable bonds is 9. The smallest absolute Gasteiger partial charge is 0.328 e. The lowest BCUT2D eigenvalue weighted by atomic mass is 9.87. The number of carbonyl (C=O) groups is 1. The Morgan fingerprint density at radius 2 is 1.90 bits per heavy atom. The normalized spacial score (nSPS) is 15.7. The average molecular weight is 293 g/mol. The zero-order valence-electron chi connectivity index (χ0n) is 13.4. The van der Waals surface area contributed by atoms with Crippen molar-refractivity contribution in [3.8, 4) is 0 Å².